The molecule has 124 valence electrons. The summed E-state index contributed by atoms with van der Waals surface area (Å²) in [5.74, 6) is 0.114. The largest absolute Gasteiger partial charge is 0.340 e. The first-order valence-electron chi connectivity index (χ1n) is 8.81. The molecule has 1 amide bonds. The number of carbonyl (C=O) groups is 1. The Morgan fingerprint density at radius 3 is 2.52 bits per heavy atom. The lowest BCUT2D eigenvalue weighted by Gasteiger charge is -2.37. The Kier molecular flexibility index (Phi) is 3.50. The van der Waals surface area contributed by atoms with Gasteiger partial charge in [-0.25, -0.2) is 0 Å². The van der Waals surface area contributed by atoms with E-state index in [1.807, 2.05) is 11.0 Å². The molecule has 1 aliphatic carbocycles. The summed E-state index contributed by atoms with van der Waals surface area (Å²) < 4.78 is 0. The molecule has 4 rings (SSSR count). The predicted molar refractivity (Wildman–Crippen MR) is 88.2 cm³/mol. The van der Waals surface area contributed by atoms with Gasteiger partial charge in [-0.2, -0.15) is 5.06 Å². The summed E-state index contributed by atoms with van der Waals surface area (Å²) >= 11 is 0. The molecule has 0 radical (unpaired) electrons. The van der Waals surface area contributed by atoms with Crippen LogP contribution in [-0.2, 0) is 10.2 Å². The molecule has 2 aliphatic heterocycles. The van der Waals surface area contributed by atoms with Crippen molar-refractivity contribution in [2.24, 2.45) is 5.41 Å². The SMILES string of the molecule is CC1(c2ccccc2)CCN(C(=O)C2CCC3(CC3)CN2O)C1. The Morgan fingerprint density at radius 2 is 1.87 bits per heavy atom. The van der Waals surface area contributed by atoms with Crippen molar-refractivity contribution in [2.75, 3.05) is 19.6 Å². The Bertz CT molecular complexity index is 599. The molecule has 2 heterocycles. The van der Waals surface area contributed by atoms with Crippen LogP contribution in [0.25, 0.3) is 0 Å². The number of amides is 1. The Hall–Kier alpha value is -1.39. The molecule has 1 N–H and O–H groups in total. The van der Waals surface area contributed by atoms with E-state index in [-0.39, 0.29) is 17.4 Å². The number of hydrogen-bond acceptors (Lipinski definition) is 3. The van der Waals surface area contributed by atoms with E-state index in [4.69, 9.17) is 0 Å². The smallest absolute Gasteiger partial charge is 0.242 e. The summed E-state index contributed by atoms with van der Waals surface area (Å²) in [6.45, 7) is 4.46. The lowest BCUT2D eigenvalue weighted by Crippen LogP contribution is -2.51. The zero-order chi connectivity index (χ0) is 16.1. The van der Waals surface area contributed by atoms with Gasteiger partial charge in [-0.15, -0.1) is 0 Å². The molecular formula is C19H26N2O2. The van der Waals surface area contributed by atoms with Crippen molar-refractivity contribution in [1.82, 2.24) is 9.96 Å². The molecule has 3 fully saturated rings. The van der Waals surface area contributed by atoms with Gasteiger partial charge < -0.3 is 10.1 Å². The van der Waals surface area contributed by atoms with Crippen molar-refractivity contribution in [3.05, 3.63) is 35.9 Å². The molecule has 4 heteroatoms. The van der Waals surface area contributed by atoms with Crippen molar-refractivity contribution in [1.29, 1.82) is 0 Å². The number of rotatable bonds is 2. The van der Waals surface area contributed by atoms with E-state index < -0.39 is 0 Å². The van der Waals surface area contributed by atoms with Crippen LogP contribution in [0.4, 0.5) is 0 Å². The van der Waals surface area contributed by atoms with Crippen LogP contribution in [0.15, 0.2) is 30.3 Å². The first-order valence-corrected chi connectivity index (χ1v) is 8.81. The number of hydrogen-bond donors (Lipinski definition) is 1. The monoisotopic (exact) mass is 314 g/mol. The second-order valence-electron chi connectivity index (χ2n) is 8.09. The molecule has 2 saturated heterocycles. The third kappa shape index (κ3) is 2.68. The van der Waals surface area contributed by atoms with Crippen molar-refractivity contribution in [3.8, 4) is 0 Å². The van der Waals surface area contributed by atoms with Crippen molar-refractivity contribution in [2.45, 2.75) is 50.5 Å². The topological polar surface area (TPSA) is 43.8 Å². The number of nitrogens with zero attached hydrogens (tertiary/aromatic N) is 2. The lowest BCUT2D eigenvalue weighted by atomic mass is 9.82. The number of piperidine rings is 1. The van der Waals surface area contributed by atoms with Gasteiger partial charge in [0.15, 0.2) is 0 Å². The van der Waals surface area contributed by atoms with E-state index in [9.17, 15) is 10.0 Å². The molecule has 1 aromatic rings. The van der Waals surface area contributed by atoms with Crippen molar-refractivity contribution < 1.29 is 10.0 Å². The first kappa shape index (κ1) is 15.2. The minimum atomic E-state index is -0.334. The van der Waals surface area contributed by atoms with Crippen LogP contribution in [0.1, 0.15) is 44.6 Å². The van der Waals surface area contributed by atoms with Crippen LogP contribution in [0.2, 0.25) is 0 Å². The third-order valence-electron chi connectivity index (χ3n) is 6.30. The number of hydroxylamine groups is 2. The van der Waals surface area contributed by atoms with Gasteiger partial charge in [0.2, 0.25) is 5.91 Å². The van der Waals surface area contributed by atoms with Gasteiger partial charge in [0.1, 0.15) is 6.04 Å². The predicted octanol–water partition coefficient (Wildman–Crippen LogP) is 2.81. The summed E-state index contributed by atoms with van der Waals surface area (Å²) in [5, 5.41) is 11.6. The summed E-state index contributed by atoms with van der Waals surface area (Å²) in [6.07, 6.45) is 5.30. The van der Waals surface area contributed by atoms with Gasteiger partial charge in [-0.05, 0) is 43.1 Å². The van der Waals surface area contributed by atoms with Crippen molar-refractivity contribution >= 4 is 5.91 Å². The third-order valence-corrected chi connectivity index (χ3v) is 6.30. The molecule has 3 aliphatic rings. The van der Waals surface area contributed by atoms with Crippen LogP contribution in [0.5, 0.6) is 0 Å². The van der Waals surface area contributed by atoms with Crippen LogP contribution >= 0.6 is 0 Å². The maximum atomic E-state index is 12.9. The van der Waals surface area contributed by atoms with E-state index >= 15 is 0 Å². The van der Waals surface area contributed by atoms with Gasteiger partial charge in [-0.3, -0.25) is 4.79 Å². The molecule has 1 aromatic carbocycles. The standard InChI is InChI=1S/C19H26N2O2/c1-18(15-5-3-2-4-6-15)11-12-20(13-18)17(22)16-7-8-19(9-10-19)14-21(16)23/h2-6,16,23H,7-14H2,1H3. The summed E-state index contributed by atoms with van der Waals surface area (Å²) in [7, 11) is 0. The average molecular weight is 314 g/mol. The van der Waals surface area contributed by atoms with Gasteiger partial charge in [-0.1, -0.05) is 37.3 Å². The fourth-order valence-corrected chi connectivity index (χ4v) is 4.40. The fourth-order valence-electron chi connectivity index (χ4n) is 4.40. The van der Waals surface area contributed by atoms with E-state index in [1.54, 1.807) is 0 Å². The van der Waals surface area contributed by atoms with Gasteiger partial charge in [0, 0.05) is 25.0 Å². The molecule has 23 heavy (non-hydrogen) atoms. The van der Waals surface area contributed by atoms with Gasteiger partial charge in [0.25, 0.3) is 0 Å². The molecule has 2 atom stereocenters. The number of carbonyl (C=O) groups excluding carboxylic acids is 1. The van der Waals surface area contributed by atoms with Crippen LogP contribution in [0, 0.1) is 5.41 Å². The van der Waals surface area contributed by atoms with E-state index in [1.165, 1.54) is 23.5 Å². The molecular weight excluding hydrogens is 288 g/mol. The normalized spacial score (nSPS) is 33.1. The highest BCUT2D eigenvalue weighted by molar-refractivity contribution is 5.82. The fraction of sp³-hybridized carbons (Fsp3) is 0.632. The second-order valence-corrected chi connectivity index (χ2v) is 8.09. The number of benzene rings is 1. The summed E-state index contributed by atoms with van der Waals surface area (Å²) in [4.78, 5) is 14.8. The van der Waals surface area contributed by atoms with E-state index in [0.29, 0.717) is 12.0 Å². The molecule has 1 saturated carbocycles. The lowest BCUT2D eigenvalue weighted by molar-refractivity contribution is -0.179. The highest BCUT2D eigenvalue weighted by Crippen LogP contribution is 2.53. The maximum Gasteiger partial charge on any atom is 0.242 e. The highest BCUT2D eigenvalue weighted by atomic mass is 16.5. The highest BCUT2D eigenvalue weighted by Gasteiger charge is 2.50. The molecule has 1 spiro atoms. The molecule has 0 bridgehead atoms. The second kappa shape index (κ2) is 5.32. The van der Waals surface area contributed by atoms with Crippen LogP contribution in [0.3, 0.4) is 0 Å². The molecule has 4 nitrogen and oxygen atoms in total. The molecule has 0 aromatic heterocycles. The van der Waals surface area contributed by atoms with Crippen LogP contribution < -0.4 is 0 Å². The van der Waals surface area contributed by atoms with Gasteiger partial charge >= 0.3 is 0 Å². The maximum absolute atomic E-state index is 12.9. The Morgan fingerprint density at radius 1 is 1.13 bits per heavy atom. The van der Waals surface area contributed by atoms with E-state index in [2.05, 4.69) is 31.2 Å². The minimum Gasteiger partial charge on any atom is -0.340 e. The zero-order valence-corrected chi connectivity index (χ0v) is 13.9. The van der Waals surface area contributed by atoms with Gasteiger partial charge in [0.05, 0.1) is 0 Å². The minimum absolute atomic E-state index is 0.0313. The average Bonchev–Trinajstić information content (AvgIpc) is 3.17. The van der Waals surface area contributed by atoms with Crippen molar-refractivity contribution in [3.63, 3.8) is 0 Å². The quantitative estimate of drug-likeness (QED) is 0.913. The Balaban J connectivity index is 1.44. The number of likely N-dealkylation sites (tertiary alicyclic amines) is 1. The molecule has 2 unspecified atom stereocenters. The van der Waals surface area contributed by atoms with E-state index in [0.717, 1.165) is 32.4 Å². The zero-order valence-electron chi connectivity index (χ0n) is 13.9. The summed E-state index contributed by atoms with van der Waals surface area (Å²) in [5.41, 5.74) is 1.66. The summed E-state index contributed by atoms with van der Waals surface area (Å²) in [6, 6.07) is 10.1. The Labute approximate surface area is 138 Å². The first-order chi connectivity index (χ1) is 11.0. The van der Waals surface area contributed by atoms with Crippen LogP contribution in [-0.4, -0.2) is 46.8 Å².